The van der Waals surface area contributed by atoms with Gasteiger partial charge in [0.1, 0.15) is 0 Å². The van der Waals surface area contributed by atoms with Crippen molar-refractivity contribution in [3.63, 3.8) is 0 Å². The van der Waals surface area contributed by atoms with Crippen LogP contribution in [0, 0.1) is 0 Å². The number of anilines is 1. The van der Waals surface area contributed by atoms with Gasteiger partial charge >= 0.3 is 6.18 Å². The zero-order valence-corrected chi connectivity index (χ0v) is 15.2. The number of alkyl halides is 3. The molecule has 0 aromatic heterocycles. The van der Waals surface area contributed by atoms with Gasteiger partial charge in [0.2, 0.25) is 0 Å². The van der Waals surface area contributed by atoms with Crippen LogP contribution < -0.4 is 5.32 Å². The molecule has 0 spiro atoms. The fourth-order valence-electron chi connectivity index (χ4n) is 1.76. The summed E-state index contributed by atoms with van der Waals surface area (Å²) in [7, 11) is 0. The van der Waals surface area contributed by atoms with E-state index in [0.717, 1.165) is 31.2 Å². The molecular formula is C14H9Br3F3N. The molecule has 2 aromatic rings. The summed E-state index contributed by atoms with van der Waals surface area (Å²) in [4.78, 5) is 0. The van der Waals surface area contributed by atoms with Gasteiger partial charge < -0.3 is 5.32 Å². The SMILES string of the molecule is FC(F)(F)c1cccc(CNc2c(Br)cc(Br)cc2Br)c1. The highest BCUT2D eigenvalue weighted by atomic mass is 79.9. The van der Waals surface area contributed by atoms with Gasteiger partial charge in [0.05, 0.1) is 11.3 Å². The molecular weight excluding hydrogens is 479 g/mol. The molecule has 0 amide bonds. The molecule has 7 heteroatoms. The van der Waals surface area contributed by atoms with Crippen LogP contribution in [0.25, 0.3) is 0 Å². The lowest BCUT2D eigenvalue weighted by molar-refractivity contribution is -0.137. The van der Waals surface area contributed by atoms with Crippen LogP contribution in [0.5, 0.6) is 0 Å². The third-order valence-corrected chi connectivity index (χ3v) is 4.44. The Labute approximate surface area is 145 Å². The van der Waals surface area contributed by atoms with E-state index in [9.17, 15) is 13.2 Å². The maximum Gasteiger partial charge on any atom is 0.416 e. The zero-order chi connectivity index (χ0) is 15.6. The molecule has 2 aromatic carbocycles. The zero-order valence-electron chi connectivity index (χ0n) is 10.4. The van der Waals surface area contributed by atoms with Crippen molar-refractivity contribution in [3.05, 3.63) is 60.9 Å². The standard InChI is InChI=1S/C14H9Br3F3N/c15-10-5-11(16)13(12(17)6-10)21-7-8-2-1-3-9(4-8)14(18,19)20/h1-6,21H,7H2. The van der Waals surface area contributed by atoms with E-state index in [0.29, 0.717) is 12.1 Å². The first-order valence-corrected chi connectivity index (χ1v) is 8.20. The third kappa shape index (κ3) is 4.47. The first kappa shape index (κ1) is 16.8. The van der Waals surface area contributed by atoms with Gasteiger partial charge in [0.15, 0.2) is 0 Å². The predicted molar refractivity (Wildman–Crippen MR) is 88.3 cm³/mol. The van der Waals surface area contributed by atoms with Crippen molar-refractivity contribution < 1.29 is 13.2 Å². The van der Waals surface area contributed by atoms with Crippen molar-refractivity contribution in [2.75, 3.05) is 5.32 Å². The summed E-state index contributed by atoms with van der Waals surface area (Å²) in [5, 5.41) is 3.12. The van der Waals surface area contributed by atoms with Crippen LogP contribution >= 0.6 is 47.8 Å². The van der Waals surface area contributed by atoms with Gasteiger partial charge in [-0.25, -0.2) is 0 Å². The predicted octanol–water partition coefficient (Wildman–Crippen LogP) is 6.61. The molecule has 0 fully saturated rings. The summed E-state index contributed by atoms with van der Waals surface area (Å²) in [6, 6.07) is 9.00. The molecule has 1 N–H and O–H groups in total. The first-order valence-electron chi connectivity index (χ1n) is 5.82. The summed E-state index contributed by atoms with van der Waals surface area (Å²) in [5.74, 6) is 0. The molecule has 0 aliphatic carbocycles. The van der Waals surface area contributed by atoms with Crippen LogP contribution in [0.2, 0.25) is 0 Å². The number of halogens is 6. The summed E-state index contributed by atoms with van der Waals surface area (Å²) < 4.78 is 40.5. The Bertz CT molecular complexity index is 633. The monoisotopic (exact) mass is 485 g/mol. The molecule has 0 radical (unpaired) electrons. The van der Waals surface area contributed by atoms with E-state index in [1.54, 1.807) is 6.07 Å². The van der Waals surface area contributed by atoms with E-state index in [2.05, 4.69) is 53.1 Å². The Balaban J connectivity index is 2.18. The second kappa shape index (κ2) is 6.71. The molecule has 0 atom stereocenters. The average molecular weight is 488 g/mol. The Morgan fingerprint density at radius 2 is 1.57 bits per heavy atom. The number of hydrogen-bond donors (Lipinski definition) is 1. The number of hydrogen-bond acceptors (Lipinski definition) is 1. The van der Waals surface area contributed by atoms with Gasteiger partial charge in [-0.15, -0.1) is 0 Å². The smallest absolute Gasteiger partial charge is 0.379 e. The molecule has 2 rings (SSSR count). The van der Waals surface area contributed by atoms with Crippen LogP contribution in [-0.2, 0) is 12.7 Å². The highest BCUT2D eigenvalue weighted by Crippen LogP contribution is 2.35. The average Bonchev–Trinajstić information content (AvgIpc) is 2.36. The van der Waals surface area contributed by atoms with Gasteiger partial charge in [0.25, 0.3) is 0 Å². The largest absolute Gasteiger partial charge is 0.416 e. The number of benzene rings is 2. The summed E-state index contributed by atoms with van der Waals surface area (Å²) in [6.07, 6.45) is -4.32. The van der Waals surface area contributed by atoms with Crippen LogP contribution in [-0.4, -0.2) is 0 Å². The maximum atomic E-state index is 12.7. The first-order chi connectivity index (χ1) is 9.77. The van der Waals surface area contributed by atoms with Gasteiger partial charge in [0, 0.05) is 20.0 Å². The molecule has 0 aliphatic heterocycles. The van der Waals surface area contributed by atoms with E-state index in [4.69, 9.17) is 0 Å². The molecule has 0 bridgehead atoms. The van der Waals surface area contributed by atoms with Crippen molar-refractivity contribution in [2.45, 2.75) is 12.7 Å². The highest BCUT2D eigenvalue weighted by Gasteiger charge is 2.30. The van der Waals surface area contributed by atoms with Crippen molar-refractivity contribution in [1.82, 2.24) is 0 Å². The van der Waals surface area contributed by atoms with Crippen molar-refractivity contribution in [1.29, 1.82) is 0 Å². The van der Waals surface area contributed by atoms with Crippen LogP contribution in [0.4, 0.5) is 18.9 Å². The Kier molecular flexibility index (Phi) is 5.38. The number of nitrogens with one attached hydrogen (secondary N) is 1. The van der Waals surface area contributed by atoms with Crippen molar-refractivity contribution in [2.24, 2.45) is 0 Å². The Hall–Kier alpha value is -0.530. The van der Waals surface area contributed by atoms with E-state index < -0.39 is 11.7 Å². The molecule has 0 heterocycles. The van der Waals surface area contributed by atoms with Crippen LogP contribution in [0.15, 0.2) is 49.8 Å². The molecule has 0 unspecified atom stereocenters. The summed E-state index contributed by atoms with van der Waals surface area (Å²) in [5.41, 5.74) is 0.706. The van der Waals surface area contributed by atoms with E-state index in [1.165, 1.54) is 6.07 Å². The minimum absolute atomic E-state index is 0.294. The van der Waals surface area contributed by atoms with Gasteiger partial charge in [-0.05, 0) is 61.7 Å². The maximum absolute atomic E-state index is 12.7. The van der Waals surface area contributed by atoms with Gasteiger partial charge in [-0.3, -0.25) is 0 Å². The minimum Gasteiger partial charge on any atom is -0.379 e. The minimum atomic E-state index is -4.32. The summed E-state index contributed by atoms with van der Waals surface area (Å²) >= 11 is 10.2. The number of rotatable bonds is 3. The molecule has 0 saturated heterocycles. The van der Waals surface area contributed by atoms with Crippen LogP contribution in [0.3, 0.4) is 0 Å². The van der Waals surface area contributed by atoms with Gasteiger partial charge in [-0.2, -0.15) is 13.2 Å². The van der Waals surface area contributed by atoms with Crippen LogP contribution in [0.1, 0.15) is 11.1 Å². The van der Waals surface area contributed by atoms with Crippen molar-refractivity contribution >= 4 is 53.5 Å². The molecule has 0 saturated carbocycles. The lowest BCUT2D eigenvalue weighted by Gasteiger charge is -2.13. The normalized spacial score (nSPS) is 11.5. The van der Waals surface area contributed by atoms with Crippen molar-refractivity contribution in [3.8, 4) is 0 Å². The second-order valence-electron chi connectivity index (χ2n) is 4.30. The summed E-state index contributed by atoms with van der Waals surface area (Å²) in [6.45, 7) is 0.294. The third-order valence-electron chi connectivity index (χ3n) is 2.73. The molecule has 112 valence electrons. The fourth-order valence-corrected chi connectivity index (χ4v) is 4.30. The van der Waals surface area contributed by atoms with E-state index in [1.807, 2.05) is 12.1 Å². The molecule has 21 heavy (non-hydrogen) atoms. The van der Waals surface area contributed by atoms with Gasteiger partial charge in [-0.1, -0.05) is 28.1 Å². The van der Waals surface area contributed by atoms with E-state index in [-0.39, 0.29) is 0 Å². The Morgan fingerprint density at radius 1 is 0.952 bits per heavy atom. The fraction of sp³-hybridized carbons (Fsp3) is 0.143. The lowest BCUT2D eigenvalue weighted by Crippen LogP contribution is -2.07. The quantitative estimate of drug-likeness (QED) is 0.514. The second-order valence-corrected chi connectivity index (χ2v) is 6.92. The molecule has 1 nitrogen and oxygen atoms in total. The highest BCUT2D eigenvalue weighted by molar-refractivity contribution is 9.11. The van der Waals surface area contributed by atoms with E-state index >= 15 is 0 Å². The molecule has 0 aliphatic rings. The topological polar surface area (TPSA) is 12.0 Å². The Morgan fingerprint density at radius 3 is 2.14 bits per heavy atom. The lowest BCUT2D eigenvalue weighted by atomic mass is 10.1.